The van der Waals surface area contributed by atoms with E-state index in [2.05, 4.69) is 55.2 Å². The van der Waals surface area contributed by atoms with Crippen LogP contribution in [0.4, 0.5) is 0 Å². The van der Waals surface area contributed by atoms with Crippen LogP contribution < -0.4 is 4.74 Å². The molecule has 4 fully saturated rings. The highest BCUT2D eigenvalue weighted by Crippen LogP contribution is 2.66. The first-order valence-electron chi connectivity index (χ1n) is 15.7. The second kappa shape index (κ2) is 10.8. The molecule has 6 nitrogen and oxygen atoms in total. The molecule has 1 aromatic rings. The summed E-state index contributed by atoms with van der Waals surface area (Å²) in [6.45, 7) is 4.68. The van der Waals surface area contributed by atoms with Crippen LogP contribution in [0.2, 0.25) is 0 Å². The van der Waals surface area contributed by atoms with E-state index in [1.54, 1.807) is 7.11 Å². The van der Waals surface area contributed by atoms with Gasteiger partial charge in [-0.3, -0.25) is 0 Å². The van der Waals surface area contributed by atoms with Gasteiger partial charge in [0.05, 0.1) is 20.3 Å². The Morgan fingerprint density at radius 1 is 1.05 bits per heavy atom. The summed E-state index contributed by atoms with van der Waals surface area (Å²) >= 11 is 0. The molecular weight excluding hydrogens is 516 g/mol. The first kappa shape index (κ1) is 27.7. The topological polar surface area (TPSA) is 66.4 Å². The van der Waals surface area contributed by atoms with E-state index in [4.69, 9.17) is 23.7 Å². The molecule has 2 saturated carbocycles. The fourth-order valence-corrected chi connectivity index (χ4v) is 9.13. The van der Waals surface area contributed by atoms with Gasteiger partial charge in [0.1, 0.15) is 18.0 Å². The molecular formula is C35H44O6. The van der Waals surface area contributed by atoms with Crippen LogP contribution in [0.3, 0.4) is 0 Å². The Kier molecular flexibility index (Phi) is 7.32. The molecule has 2 saturated heterocycles. The van der Waals surface area contributed by atoms with Crippen LogP contribution in [0, 0.1) is 40.9 Å². The number of allylic oxidation sites excluding steroid dienone is 2. The minimum atomic E-state index is -1.20. The van der Waals surface area contributed by atoms with E-state index < -0.39 is 16.8 Å². The van der Waals surface area contributed by atoms with Gasteiger partial charge < -0.3 is 28.8 Å². The largest absolute Gasteiger partial charge is 0.497 e. The van der Waals surface area contributed by atoms with Gasteiger partial charge in [0.2, 0.25) is 0 Å². The number of fused-ring (bicyclic) bond motifs is 5. The molecule has 1 aromatic carbocycles. The molecule has 220 valence electrons. The van der Waals surface area contributed by atoms with E-state index in [0.717, 1.165) is 63.7 Å². The number of ether oxygens (including phenoxy) is 5. The first-order valence-corrected chi connectivity index (χ1v) is 15.7. The standard InChI is InChI=1S/C35H44O6/c1-33-23-29(24-7-10-26(37-2)11-8-24)32-27-13-17-35(40-20-21-41-35)22-25(27)9-12-28(32)30(33)14-16-34(33,36)15-5-19-39-31-6-3-4-18-38-31/h7-11,14,16,27-32,36H,3-4,6,12-13,17-23H2,1-2H3/t27-,28-,29+,30-,31?,32+,33-,34-/m0/s1. The van der Waals surface area contributed by atoms with Crippen LogP contribution in [0.1, 0.15) is 69.8 Å². The number of methoxy groups -OCH3 is 1. The monoisotopic (exact) mass is 560 g/mol. The number of rotatable bonds is 4. The highest BCUT2D eigenvalue weighted by Gasteiger charge is 2.63. The molecule has 0 radical (unpaired) electrons. The highest BCUT2D eigenvalue weighted by atomic mass is 16.7. The van der Waals surface area contributed by atoms with Crippen LogP contribution in [-0.2, 0) is 18.9 Å². The predicted molar refractivity (Wildman–Crippen MR) is 155 cm³/mol. The number of hydrogen-bond donors (Lipinski definition) is 1. The summed E-state index contributed by atoms with van der Waals surface area (Å²) in [6, 6.07) is 8.64. The molecule has 6 heteroatoms. The second-order valence-electron chi connectivity index (χ2n) is 13.2. The zero-order chi connectivity index (χ0) is 28.1. The molecule has 0 bridgehead atoms. The summed E-state index contributed by atoms with van der Waals surface area (Å²) in [5.74, 6) is 8.92. The van der Waals surface area contributed by atoms with E-state index >= 15 is 0 Å². The Morgan fingerprint density at radius 3 is 2.63 bits per heavy atom. The Labute approximate surface area is 244 Å². The maximum absolute atomic E-state index is 12.2. The van der Waals surface area contributed by atoms with E-state index in [-0.39, 0.29) is 18.8 Å². The van der Waals surface area contributed by atoms with E-state index in [1.165, 1.54) is 11.1 Å². The lowest BCUT2D eigenvalue weighted by Crippen LogP contribution is -2.55. The van der Waals surface area contributed by atoms with Crippen molar-refractivity contribution in [3.05, 3.63) is 53.6 Å². The smallest absolute Gasteiger partial charge is 0.172 e. The molecule has 1 spiro atoms. The van der Waals surface area contributed by atoms with Crippen LogP contribution in [0.25, 0.3) is 0 Å². The van der Waals surface area contributed by atoms with Crippen LogP contribution in [0.5, 0.6) is 5.75 Å². The average Bonchev–Trinajstić information content (AvgIpc) is 3.56. The number of benzene rings is 1. The van der Waals surface area contributed by atoms with Gasteiger partial charge in [0.15, 0.2) is 12.1 Å². The van der Waals surface area contributed by atoms with Crippen molar-refractivity contribution in [2.24, 2.45) is 29.1 Å². The third-order valence-corrected chi connectivity index (χ3v) is 11.2. The molecule has 0 aromatic heterocycles. The van der Waals surface area contributed by atoms with Crippen molar-refractivity contribution in [2.75, 3.05) is 33.5 Å². The molecule has 41 heavy (non-hydrogen) atoms. The first-order chi connectivity index (χ1) is 19.9. The Balaban J connectivity index is 1.19. The summed E-state index contributed by atoms with van der Waals surface area (Å²) in [5, 5.41) is 12.2. The van der Waals surface area contributed by atoms with Crippen molar-refractivity contribution < 1.29 is 28.8 Å². The lowest BCUT2D eigenvalue weighted by atomic mass is 9.46. The molecule has 0 amide bonds. The van der Waals surface area contributed by atoms with Gasteiger partial charge in [-0.2, -0.15) is 0 Å². The van der Waals surface area contributed by atoms with Gasteiger partial charge >= 0.3 is 0 Å². The lowest BCUT2D eigenvalue weighted by molar-refractivity contribution is -0.177. The van der Waals surface area contributed by atoms with Crippen LogP contribution >= 0.6 is 0 Å². The zero-order valence-corrected chi connectivity index (χ0v) is 24.5. The molecule has 6 aliphatic rings. The van der Waals surface area contributed by atoms with Crippen molar-refractivity contribution in [1.82, 2.24) is 0 Å². The molecule has 1 N–H and O–H groups in total. The van der Waals surface area contributed by atoms with Crippen molar-refractivity contribution >= 4 is 0 Å². The van der Waals surface area contributed by atoms with Crippen molar-refractivity contribution in [3.8, 4) is 17.6 Å². The van der Waals surface area contributed by atoms with Crippen LogP contribution in [-0.4, -0.2) is 56.3 Å². The summed E-state index contributed by atoms with van der Waals surface area (Å²) in [4.78, 5) is 0. The Hall–Kier alpha value is -2.14. The van der Waals surface area contributed by atoms with Gasteiger partial charge in [-0.25, -0.2) is 0 Å². The van der Waals surface area contributed by atoms with Gasteiger partial charge in [-0.15, -0.1) is 0 Å². The minimum Gasteiger partial charge on any atom is -0.497 e. The SMILES string of the molecule is COc1ccc([C@H]2C[C@@]3(C)[C@@H](C=C[C@@]3(O)C#CCOC3CCCCO3)[C@@H]3CC=C4CC5(CC[C@@H]4[C@H]32)OCCO5)cc1. The molecule has 1 unspecified atom stereocenters. The minimum absolute atomic E-state index is 0.178. The number of hydrogen-bond acceptors (Lipinski definition) is 6. The third kappa shape index (κ3) is 4.79. The zero-order valence-electron chi connectivity index (χ0n) is 24.5. The summed E-state index contributed by atoms with van der Waals surface area (Å²) in [6.07, 6.45) is 14.5. The lowest BCUT2D eigenvalue weighted by Gasteiger charge is -2.58. The molecule has 2 aliphatic heterocycles. The average molecular weight is 561 g/mol. The van der Waals surface area contributed by atoms with E-state index in [1.807, 2.05) is 6.08 Å². The van der Waals surface area contributed by atoms with Gasteiger partial charge in [-0.1, -0.05) is 48.6 Å². The molecule has 2 heterocycles. The highest BCUT2D eigenvalue weighted by molar-refractivity contribution is 5.41. The van der Waals surface area contributed by atoms with Gasteiger partial charge in [-0.05, 0) is 91.9 Å². The Morgan fingerprint density at radius 2 is 1.88 bits per heavy atom. The normalized spacial score (nSPS) is 40.6. The fourth-order valence-electron chi connectivity index (χ4n) is 9.13. The maximum atomic E-state index is 12.2. The summed E-state index contributed by atoms with van der Waals surface area (Å²) in [7, 11) is 1.72. The second-order valence-corrected chi connectivity index (χ2v) is 13.2. The van der Waals surface area contributed by atoms with Gasteiger partial charge in [0, 0.05) is 24.9 Å². The van der Waals surface area contributed by atoms with Crippen molar-refractivity contribution in [1.29, 1.82) is 0 Å². The van der Waals surface area contributed by atoms with Crippen molar-refractivity contribution in [2.45, 2.75) is 81.9 Å². The quantitative estimate of drug-likeness (QED) is 0.373. The van der Waals surface area contributed by atoms with Gasteiger partial charge in [0.25, 0.3) is 0 Å². The molecule has 4 aliphatic carbocycles. The summed E-state index contributed by atoms with van der Waals surface area (Å²) in [5.41, 5.74) is 1.25. The fraction of sp³-hybridized carbons (Fsp3) is 0.657. The third-order valence-electron chi connectivity index (χ3n) is 11.2. The maximum Gasteiger partial charge on any atom is 0.172 e. The molecule has 8 atom stereocenters. The number of aliphatic hydroxyl groups is 1. The molecule has 7 rings (SSSR count). The van der Waals surface area contributed by atoms with E-state index in [9.17, 15) is 5.11 Å². The summed E-state index contributed by atoms with van der Waals surface area (Å²) < 4.78 is 29.4. The van der Waals surface area contributed by atoms with E-state index in [0.29, 0.717) is 36.9 Å². The Bertz CT molecular complexity index is 1230. The predicted octanol–water partition coefficient (Wildman–Crippen LogP) is 5.76. The van der Waals surface area contributed by atoms with Crippen LogP contribution in [0.15, 0.2) is 48.1 Å². The van der Waals surface area contributed by atoms with Crippen molar-refractivity contribution in [3.63, 3.8) is 0 Å².